The third-order valence-corrected chi connectivity index (χ3v) is 9.18. The molecule has 348 valence electrons. The number of allylic oxidation sites excluding steroid dienone is 26. The van der Waals surface area contributed by atoms with Crippen LogP contribution in [0.5, 0.6) is 0 Å². The first-order valence-electron chi connectivity index (χ1n) is 24.1. The first kappa shape index (κ1) is 58.0. The molecule has 0 amide bonds. The second kappa shape index (κ2) is 49.7. The Hall–Kier alpha value is -4.97. The summed E-state index contributed by atoms with van der Waals surface area (Å²) in [7, 11) is 0. The maximum Gasteiger partial charge on any atom is 0.306 e. The fourth-order valence-electron chi connectivity index (χ4n) is 5.65. The molecule has 0 aromatic rings. The van der Waals surface area contributed by atoms with Gasteiger partial charge in [0.15, 0.2) is 6.10 Å². The summed E-state index contributed by atoms with van der Waals surface area (Å²) in [5, 5.41) is 0. The number of carbonyl (C=O) groups is 3. The zero-order valence-corrected chi connectivity index (χ0v) is 39.5. The van der Waals surface area contributed by atoms with Crippen LogP contribution >= 0.6 is 0 Å². The normalized spacial score (nSPS) is 13.5. The summed E-state index contributed by atoms with van der Waals surface area (Å²) < 4.78 is 16.6. The van der Waals surface area contributed by atoms with E-state index in [-0.39, 0.29) is 44.0 Å². The standard InChI is InChI=1S/C57H84O6/c1-4-7-10-13-16-19-22-25-26-27-28-29-30-33-35-38-41-44-47-50-56(59)62-53-54(63-57(60)51-48-45-42-39-36-32-24-21-18-15-12-9-6-3)52-61-55(58)49-46-43-40-37-34-31-23-20-17-14-11-8-5-2/h7-12,14-21,23-26,28-29,32-33,35-36,41,44,54H,4-6,13,22,27,30-31,34,37-40,42-43,45-53H2,1-3H3/b10-7+,11-8+,12-9+,17-14+,18-15+,19-16+,23-20+,24-21+,26-25+,29-28+,35-33+,36-32+,44-41+. The summed E-state index contributed by atoms with van der Waals surface area (Å²) in [5.74, 6) is -1.10. The van der Waals surface area contributed by atoms with Crippen molar-refractivity contribution in [2.24, 2.45) is 0 Å². The van der Waals surface area contributed by atoms with Gasteiger partial charge in [0.05, 0.1) is 0 Å². The van der Waals surface area contributed by atoms with Gasteiger partial charge >= 0.3 is 17.9 Å². The van der Waals surface area contributed by atoms with Crippen molar-refractivity contribution in [1.29, 1.82) is 0 Å². The maximum absolute atomic E-state index is 12.7. The fraction of sp³-hybridized carbons (Fsp3) is 0.491. The molecule has 0 aromatic heterocycles. The summed E-state index contributed by atoms with van der Waals surface area (Å²) in [6.07, 6.45) is 72.4. The number of carbonyl (C=O) groups excluding carboxylic acids is 3. The summed E-state index contributed by atoms with van der Waals surface area (Å²) in [4.78, 5) is 37.8. The van der Waals surface area contributed by atoms with Gasteiger partial charge in [-0.15, -0.1) is 0 Å². The smallest absolute Gasteiger partial charge is 0.306 e. The van der Waals surface area contributed by atoms with E-state index in [9.17, 15) is 14.4 Å². The summed E-state index contributed by atoms with van der Waals surface area (Å²) in [6.45, 7) is 6.09. The van der Waals surface area contributed by atoms with Gasteiger partial charge < -0.3 is 14.2 Å². The van der Waals surface area contributed by atoms with Crippen LogP contribution in [-0.2, 0) is 28.6 Å². The highest BCUT2D eigenvalue weighted by Gasteiger charge is 2.19. The topological polar surface area (TPSA) is 78.9 Å². The second-order valence-electron chi connectivity index (χ2n) is 15.0. The number of esters is 3. The largest absolute Gasteiger partial charge is 0.462 e. The zero-order valence-electron chi connectivity index (χ0n) is 39.5. The fourth-order valence-corrected chi connectivity index (χ4v) is 5.65. The predicted octanol–water partition coefficient (Wildman–Crippen LogP) is 15.9. The lowest BCUT2D eigenvalue weighted by Crippen LogP contribution is -2.30. The van der Waals surface area contributed by atoms with Gasteiger partial charge in [-0.1, -0.05) is 204 Å². The van der Waals surface area contributed by atoms with Gasteiger partial charge in [0.1, 0.15) is 13.2 Å². The Kier molecular flexibility index (Phi) is 45.8. The highest BCUT2D eigenvalue weighted by Crippen LogP contribution is 2.11. The van der Waals surface area contributed by atoms with Gasteiger partial charge in [-0.2, -0.15) is 0 Å². The molecule has 6 nitrogen and oxygen atoms in total. The van der Waals surface area contributed by atoms with E-state index in [1.54, 1.807) is 0 Å². The Labute approximate surface area is 384 Å². The van der Waals surface area contributed by atoms with E-state index < -0.39 is 6.10 Å². The average Bonchev–Trinajstić information content (AvgIpc) is 3.28. The Morgan fingerprint density at radius 3 is 1.16 bits per heavy atom. The molecule has 0 radical (unpaired) electrons. The van der Waals surface area contributed by atoms with E-state index in [0.717, 1.165) is 109 Å². The maximum atomic E-state index is 12.7. The van der Waals surface area contributed by atoms with Crippen LogP contribution in [0, 0.1) is 0 Å². The first-order valence-corrected chi connectivity index (χ1v) is 24.1. The monoisotopic (exact) mass is 865 g/mol. The number of hydrogen-bond donors (Lipinski definition) is 0. The molecular formula is C57H84O6. The van der Waals surface area contributed by atoms with Crippen molar-refractivity contribution in [2.75, 3.05) is 13.2 Å². The van der Waals surface area contributed by atoms with Gasteiger partial charge in [0, 0.05) is 19.3 Å². The lowest BCUT2D eigenvalue weighted by atomic mass is 10.1. The van der Waals surface area contributed by atoms with Crippen LogP contribution in [0.4, 0.5) is 0 Å². The number of unbranched alkanes of at least 4 members (excludes halogenated alkanes) is 8. The van der Waals surface area contributed by atoms with E-state index >= 15 is 0 Å². The predicted molar refractivity (Wildman–Crippen MR) is 269 cm³/mol. The average molecular weight is 865 g/mol. The molecule has 0 aliphatic carbocycles. The van der Waals surface area contributed by atoms with Gasteiger partial charge in [-0.05, 0) is 96.3 Å². The molecule has 1 unspecified atom stereocenters. The summed E-state index contributed by atoms with van der Waals surface area (Å²) in [5.41, 5.74) is 0. The highest BCUT2D eigenvalue weighted by molar-refractivity contribution is 5.71. The van der Waals surface area contributed by atoms with Gasteiger partial charge in [0.2, 0.25) is 0 Å². The van der Waals surface area contributed by atoms with Crippen LogP contribution in [0.1, 0.15) is 162 Å². The van der Waals surface area contributed by atoms with Crippen LogP contribution in [0.2, 0.25) is 0 Å². The van der Waals surface area contributed by atoms with Crippen LogP contribution in [0.3, 0.4) is 0 Å². The number of rotatable bonds is 40. The Morgan fingerprint density at radius 2 is 0.683 bits per heavy atom. The van der Waals surface area contributed by atoms with Gasteiger partial charge in [-0.3, -0.25) is 14.4 Å². The van der Waals surface area contributed by atoms with Crippen LogP contribution in [0.25, 0.3) is 0 Å². The summed E-state index contributed by atoms with van der Waals surface area (Å²) >= 11 is 0. The number of ether oxygens (including phenoxy) is 3. The van der Waals surface area contributed by atoms with Crippen molar-refractivity contribution in [1.82, 2.24) is 0 Å². The van der Waals surface area contributed by atoms with Crippen LogP contribution in [0.15, 0.2) is 158 Å². The van der Waals surface area contributed by atoms with E-state index in [2.05, 4.69) is 124 Å². The zero-order chi connectivity index (χ0) is 45.8. The molecule has 0 rings (SSSR count). The lowest BCUT2D eigenvalue weighted by Gasteiger charge is -2.18. The van der Waals surface area contributed by atoms with Crippen molar-refractivity contribution >= 4 is 17.9 Å². The quantitative estimate of drug-likeness (QED) is 0.0201. The van der Waals surface area contributed by atoms with Gasteiger partial charge in [0.25, 0.3) is 0 Å². The first-order chi connectivity index (χ1) is 31.0. The molecule has 0 heterocycles. The summed E-state index contributed by atoms with van der Waals surface area (Å²) in [6, 6.07) is 0. The molecule has 0 aromatic carbocycles. The van der Waals surface area contributed by atoms with Crippen molar-refractivity contribution in [3.8, 4) is 0 Å². The van der Waals surface area contributed by atoms with Crippen LogP contribution < -0.4 is 0 Å². The van der Waals surface area contributed by atoms with Gasteiger partial charge in [-0.25, -0.2) is 0 Å². The molecule has 0 bridgehead atoms. The molecule has 0 saturated heterocycles. The molecule has 0 aliphatic heterocycles. The second-order valence-corrected chi connectivity index (χ2v) is 15.0. The van der Waals surface area contributed by atoms with Crippen molar-refractivity contribution in [3.63, 3.8) is 0 Å². The SMILES string of the molecule is CC/C=C/C=C/C=C/C=C/CCCCCC(=O)OC(COC(=O)CC/C=C/C/C=C/C/C=C/C/C=C/C/C=C/C/C=C/CC)COC(=O)CCCCCCC/C=C/C=C/C=C/CC. The molecule has 1 atom stereocenters. The minimum absolute atomic E-state index is 0.136. The molecule has 0 spiro atoms. The third kappa shape index (κ3) is 47.9. The molecule has 0 N–H and O–H groups in total. The van der Waals surface area contributed by atoms with E-state index in [1.165, 1.54) is 0 Å². The Bertz CT molecular complexity index is 1510. The Morgan fingerprint density at radius 1 is 0.333 bits per heavy atom. The molecule has 0 fully saturated rings. The van der Waals surface area contributed by atoms with E-state index in [4.69, 9.17) is 14.2 Å². The molecule has 0 aliphatic rings. The third-order valence-electron chi connectivity index (χ3n) is 9.18. The highest BCUT2D eigenvalue weighted by atomic mass is 16.6. The minimum atomic E-state index is -0.844. The van der Waals surface area contributed by atoms with Crippen molar-refractivity contribution < 1.29 is 28.6 Å². The van der Waals surface area contributed by atoms with E-state index in [0.29, 0.717) is 19.3 Å². The minimum Gasteiger partial charge on any atom is -0.462 e. The van der Waals surface area contributed by atoms with Crippen LogP contribution in [-0.4, -0.2) is 37.2 Å². The van der Waals surface area contributed by atoms with Crippen molar-refractivity contribution in [2.45, 2.75) is 168 Å². The lowest BCUT2D eigenvalue weighted by molar-refractivity contribution is -0.166. The van der Waals surface area contributed by atoms with E-state index in [1.807, 2.05) is 54.7 Å². The Balaban J connectivity index is 4.62. The number of hydrogen-bond acceptors (Lipinski definition) is 6. The van der Waals surface area contributed by atoms with Crippen molar-refractivity contribution in [3.05, 3.63) is 158 Å². The molecule has 0 saturated carbocycles. The molecular weight excluding hydrogens is 781 g/mol. The molecule has 6 heteroatoms. The molecule has 63 heavy (non-hydrogen) atoms.